The fourth-order valence-corrected chi connectivity index (χ4v) is 1.36. The Labute approximate surface area is 88.9 Å². The molecule has 0 amide bonds. The highest BCUT2D eigenvalue weighted by Gasteiger charge is 2.37. The smallest absolute Gasteiger partial charge is 0.340 e. The molecule has 0 saturated heterocycles. The van der Waals surface area contributed by atoms with Crippen molar-refractivity contribution in [2.75, 3.05) is 0 Å². The fourth-order valence-electron chi connectivity index (χ4n) is 1.36. The largest absolute Gasteiger partial charge is 0.479 e. The fraction of sp³-hybridized carbons (Fsp3) is 0.455. The molecule has 82 valence electrons. The monoisotopic (exact) mass is 209 g/mol. The highest BCUT2D eigenvalue weighted by atomic mass is 16.5. The molecule has 0 aromatic carbocycles. The van der Waals surface area contributed by atoms with Crippen LogP contribution in [0.15, 0.2) is 24.5 Å². The minimum absolute atomic E-state index is 0.161. The predicted molar refractivity (Wildman–Crippen MR) is 55.4 cm³/mol. The van der Waals surface area contributed by atoms with Crippen molar-refractivity contribution in [1.29, 1.82) is 0 Å². The van der Waals surface area contributed by atoms with Crippen LogP contribution >= 0.6 is 0 Å². The first-order valence-electron chi connectivity index (χ1n) is 4.78. The van der Waals surface area contributed by atoms with Gasteiger partial charge in [-0.3, -0.25) is 4.98 Å². The quantitative estimate of drug-likeness (QED) is 0.821. The summed E-state index contributed by atoms with van der Waals surface area (Å²) in [5.74, 6) is -1.01. The van der Waals surface area contributed by atoms with E-state index in [1.54, 1.807) is 32.2 Å². The first-order valence-corrected chi connectivity index (χ1v) is 4.78. The number of nitrogens with zero attached hydrogens (tertiary/aromatic N) is 1. The minimum Gasteiger partial charge on any atom is -0.479 e. The maximum absolute atomic E-state index is 11.2. The van der Waals surface area contributed by atoms with Crippen molar-refractivity contribution >= 4 is 5.97 Å². The van der Waals surface area contributed by atoms with Gasteiger partial charge in [-0.1, -0.05) is 6.07 Å². The van der Waals surface area contributed by atoms with Crippen molar-refractivity contribution in [2.45, 2.75) is 32.5 Å². The number of pyridine rings is 1. The van der Waals surface area contributed by atoms with Gasteiger partial charge in [0.2, 0.25) is 0 Å². The summed E-state index contributed by atoms with van der Waals surface area (Å²) in [5, 5.41) is 9.18. The second kappa shape index (κ2) is 4.40. The Bertz CT molecular complexity index is 337. The van der Waals surface area contributed by atoms with Crippen LogP contribution < -0.4 is 0 Å². The van der Waals surface area contributed by atoms with Crippen molar-refractivity contribution in [3.05, 3.63) is 30.1 Å². The topological polar surface area (TPSA) is 59.4 Å². The summed E-state index contributed by atoms with van der Waals surface area (Å²) in [7, 11) is 0. The Morgan fingerprint density at radius 3 is 2.67 bits per heavy atom. The maximum Gasteiger partial charge on any atom is 0.340 e. The third-order valence-electron chi connectivity index (χ3n) is 2.09. The van der Waals surface area contributed by atoms with Crippen LogP contribution in [-0.2, 0) is 15.1 Å². The van der Waals surface area contributed by atoms with Gasteiger partial charge in [-0.2, -0.15) is 0 Å². The van der Waals surface area contributed by atoms with Gasteiger partial charge in [0.25, 0.3) is 0 Å². The number of carboxylic acids is 1. The SMILES string of the molecule is CC(C)OC(C)(C(=O)O)c1cccnc1. The molecule has 4 nitrogen and oxygen atoms in total. The number of aromatic nitrogens is 1. The number of carboxylic acid groups (broad SMARTS) is 1. The second-order valence-electron chi connectivity index (χ2n) is 3.75. The zero-order valence-electron chi connectivity index (χ0n) is 9.10. The van der Waals surface area contributed by atoms with Gasteiger partial charge in [0, 0.05) is 18.0 Å². The summed E-state index contributed by atoms with van der Waals surface area (Å²) in [6, 6.07) is 3.39. The molecule has 4 heteroatoms. The van der Waals surface area contributed by atoms with Crippen molar-refractivity contribution in [3.63, 3.8) is 0 Å². The number of carbonyl (C=O) groups is 1. The van der Waals surface area contributed by atoms with Gasteiger partial charge < -0.3 is 9.84 Å². The lowest BCUT2D eigenvalue weighted by atomic mass is 9.97. The number of hydrogen-bond acceptors (Lipinski definition) is 3. The third-order valence-corrected chi connectivity index (χ3v) is 2.09. The van der Waals surface area contributed by atoms with E-state index in [4.69, 9.17) is 4.74 Å². The van der Waals surface area contributed by atoms with E-state index >= 15 is 0 Å². The number of aliphatic carboxylic acids is 1. The molecule has 1 aromatic rings. The molecule has 0 fully saturated rings. The van der Waals surface area contributed by atoms with Crippen molar-refractivity contribution < 1.29 is 14.6 Å². The molecule has 0 saturated carbocycles. The van der Waals surface area contributed by atoms with Gasteiger partial charge in [-0.15, -0.1) is 0 Å². The van der Waals surface area contributed by atoms with Crippen molar-refractivity contribution in [1.82, 2.24) is 4.98 Å². The average Bonchev–Trinajstić information content (AvgIpc) is 2.17. The van der Waals surface area contributed by atoms with Crippen LogP contribution in [0.5, 0.6) is 0 Å². The van der Waals surface area contributed by atoms with Crippen LogP contribution in [0.1, 0.15) is 26.3 Å². The van der Waals surface area contributed by atoms with E-state index in [9.17, 15) is 9.90 Å². The molecule has 0 bridgehead atoms. The summed E-state index contributed by atoms with van der Waals surface area (Å²) in [5.41, 5.74) is -0.784. The molecule has 1 unspecified atom stereocenters. The molecule has 0 aliphatic rings. The molecule has 0 aliphatic heterocycles. The highest BCUT2D eigenvalue weighted by Crippen LogP contribution is 2.26. The lowest BCUT2D eigenvalue weighted by Gasteiger charge is -2.27. The van der Waals surface area contributed by atoms with E-state index in [1.807, 2.05) is 0 Å². The maximum atomic E-state index is 11.2. The standard InChI is InChI=1S/C11H15NO3/c1-8(2)15-11(3,10(13)14)9-5-4-6-12-7-9/h4-8H,1-3H3,(H,13,14). The lowest BCUT2D eigenvalue weighted by molar-refractivity contribution is -0.170. The van der Waals surface area contributed by atoms with E-state index in [-0.39, 0.29) is 6.10 Å². The van der Waals surface area contributed by atoms with Crippen molar-refractivity contribution in [3.8, 4) is 0 Å². The molecular weight excluding hydrogens is 194 g/mol. The second-order valence-corrected chi connectivity index (χ2v) is 3.75. The van der Waals surface area contributed by atoms with E-state index < -0.39 is 11.6 Å². The molecule has 1 heterocycles. The van der Waals surface area contributed by atoms with Gasteiger partial charge in [0.15, 0.2) is 5.60 Å². The molecular formula is C11H15NO3. The highest BCUT2D eigenvalue weighted by molar-refractivity contribution is 5.78. The Hall–Kier alpha value is -1.42. The molecule has 1 N–H and O–H groups in total. The summed E-state index contributed by atoms with van der Waals surface area (Å²) in [4.78, 5) is 15.1. The van der Waals surface area contributed by atoms with Gasteiger partial charge >= 0.3 is 5.97 Å². The molecule has 0 spiro atoms. The van der Waals surface area contributed by atoms with Gasteiger partial charge in [0.1, 0.15) is 0 Å². The Morgan fingerprint density at radius 1 is 1.60 bits per heavy atom. The first-order chi connectivity index (χ1) is 6.97. The Morgan fingerprint density at radius 2 is 2.27 bits per heavy atom. The van der Waals surface area contributed by atoms with E-state index in [1.165, 1.54) is 13.1 Å². The molecule has 1 rings (SSSR count). The van der Waals surface area contributed by atoms with Crippen LogP contribution in [0.2, 0.25) is 0 Å². The summed E-state index contributed by atoms with van der Waals surface area (Å²) in [6.07, 6.45) is 2.95. The predicted octanol–water partition coefficient (Wildman–Crippen LogP) is 1.81. The molecule has 15 heavy (non-hydrogen) atoms. The zero-order chi connectivity index (χ0) is 11.5. The van der Waals surface area contributed by atoms with Gasteiger partial charge in [0.05, 0.1) is 6.10 Å². The lowest BCUT2D eigenvalue weighted by Crippen LogP contribution is -2.37. The van der Waals surface area contributed by atoms with Gasteiger partial charge in [-0.05, 0) is 26.8 Å². The minimum atomic E-state index is -1.33. The Balaban J connectivity index is 3.07. The number of rotatable bonds is 4. The first kappa shape index (κ1) is 11.7. The van der Waals surface area contributed by atoms with Crippen LogP contribution in [0.4, 0.5) is 0 Å². The summed E-state index contributed by atoms with van der Waals surface area (Å²) in [6.45, 7) is 5.14. The molecule has 0 aliphatic carbocycles. The van der Waals surface area contributed by atoms with Crippen LogP contribution in [-0.4, -0.2) is 22.2 Å². The summed E-state index contributed by atoms with van der Waals surface area (Å²) >= 11 is 0. The number of hydrogen-bond donors (Lipinski definition) is 1. The molecule has 1 aromatic heterocycles. The van der Waals surface area contributed by atoms with E-state index in [0.29, 0.717) is 5.56 Å². The number of ether oxygens (including phenoxy) is 1. The van der Waals surface area contributed by atoms with Crippen LogP contribution in [0.3, 0.4) is 0 Å². The van der Waals surface area contributed by atoms with E-state index in [0.717, 1.165) is 0 Å². The third kappa shape index (κ3) is 2.53. The van der Waals surface area contributed by atoms with Crippen LogP contribution in [0, 0.1) is 0 Å². The van der Waals surface area contributed by atoms with E-state index in [2.05, 4.69) is 4.98 Å². The zero-order valence-corrected chi connectivity index (χ0v) is 9.10. The van der Waals surface area contributed by atoms with Crippen molar-refractivity contribution in [2.24, 2.45) is 0 Å². The molecule has 1 atom stereocenters. The summed E-state index contributed by atoms with van der Waals surface area (Å²) < 4.78 is 5.45. The van der Waals surface area contributed by atoms with Crippen LogP contribution in [0.25, 0.3) is 0 Å². The molecule has 0 radical (unpaired) electrons. The van der Waals surface area contributed by atoms with Gasteiger partial charge in [-0.25, -0.2) is 4.79 Å². The Kier molecular flexibility index (Phi) is 3.42. The normalized spacial score (nSPS) is 14.9. The average molecular weight is 209 g/mol.